The molecule has 33 heavy (non-hydrogen) atoms. The van der Waals surface area contributed by atoms with Crippen molar-refractivity contribution in [1.82, 2.24) is 0 Å². The molecule has 7 heteroatoms. The lowest BCUT2D eigenvalue weighted by Crippen LogP contribution is -2.19. The molecule has 4 aromatic rings. The van der Waals surface area contributed by atoms with E-state index in [4.69, 9.17) is 30.5 Å². The largest absolute Gasteiger partial charge is 0.483 e. The minimum absolute atomic E-state index is 0.149. The minimum atomic E-state index is -0.567. The number of hydrogen-bond acceptors (Lipinski definition) is 6. The van der Waals surface area contributed by atoms with Crippen molar-refractivity contribution in [2.24, 2.45) is 0 Å². The number of fused-ring (bicyclic) bond motifs is 2. The van der Waals surface area contributed by atoms with Crippen molar-refractivity contribution < 1.29 is 28.5 Å². The van der Waals surface area contributed by atoms with Crippen LogP contribution in [0, 0.1) is 0 Å². The molecule has 1 heterocycles. The second-order valence-corrected chi connectivity index (χ2v) is 7.65. The number of esters is 2. The maximum atomic E-state index is 12.8. The van der Waals surface area contributed by atoms with E-state index < -0.39 is 11.9 Å². The molecular weight excluding hydrogens is 444 g/mol. The third kappa shape index (κ3) is 4.08. The van der Waals surface area contributed by atoms with Gasteiger partial charge in [-0.05, 0) is 42.5 Å². The van der Waals surface area contributed by atoms with Crippen LogP contribution in [0.5, 0.6) is 23.0 Å². The first-order valence-corrected chi connectivity index (χ1v) is 10.6. The monoisotopic (exact) mass is 460 g/mol. The van der Waals surface area contributed by atoms with Crippen molar-refractivity contribution in [1.29, 1.82) is 0 Å². The fourth-order valence-electron chi connectivity index (χ4n) is 3.56. The van der Waals surface area contributed by atoms with Gasteiger partial charge in [0.2, 0.25) is 11.5 Å². The molecule has 1 aliphatic rings. The Balaban J connectivity index is 1.66. The Morgan fingerprint density at radius 3 is 1.67 bits per heavy atom. The van der Waals surface area contributed by atoms with E-state index in [-0.39, 0.29) is 36.2 Å². The van der Waals surface area contributed by atoms with Crippen molar-refractivity contribution in [3.05, 3.63) is 95.0 Å². The van der Waals surface area contributed by atoms with Crippen LogP contribution in [0.2, 0.25) is 5.02 Å². The number of hydrogen-bond donors (Lipinski definition) is 0. The first-order chi connectivity index (χ1) is 16.1. The zero-order valence-electron chi connectivity index (χ0n) is 17.2. The van der Waals surface area contributed by atoms with Gasteiger partial charge in [0, 0.05) is 15.8 Å². The van der Waals surface area contributed by atoms with Gasteiger partial charge in [-0.15, -0.1) is 0 Å². The Morgan fingerprint density at radius 2 is 1.15 bits per heavy atom. The predicted molar refractivity (Wildman–Crippen MR) is 123 cm³/mol. The normalized spacial score (nSPS) is 12.3. The maximum Gasteiger partial charge on any atom is 0.343 e. The third-order valence-corrected chi connectivity index (χ3v) is 5.31. The smallest absolute Gasteiger partial charge is 0.343 e. The van der Waals surface area contributed by atoms with Crippen LogP contribution in [-0.2, 0) is 0 Å². The van der Waals surface area contributed by atoms with Crippen LogP contribution >= 0.6 is 11.6 Å². The number of halogens is 1. The predicted octanol–water partition coefficient (Wildman–Crippen LogP) is 5.70. The van der Waals surface area contributed by atoms with Crippen LogP contribution in [-0.4, -0.2) is 25.2 Å². The summed E-state index contributed by atoms with van der Waals surface area (Å²) >= 11 is 6.26. The molecule has 164 valence electrons. The molecule has 0 radical (unpaired) electrons. The fourth-order valence-corrected chi connectivity index (χ4v) is 3.73. The van der Waals surface area contributed by atoms with E-state index in [0.717, 1.165) is 0 Å². The Hall–Kier alpha value is -4.03. The summed E-state index contributed by atoms with van der Waals surface area (Å²) in [5.41, 5.74) is 0.752. The summed E-state index contributed by atoms with van der Waals surface area (Å²) in [6.07, 6.45) is 0. The summed E-state index contributed by atoms with van der Waals surface area (Å²) in [6, 6.07) is 22.2. The minimum Gasteiger partial charge on any atom is -0.483 e. The average Bonchev–Trinajstić information content (AvgIpc) is 2.86. The fraction of sp³-hybridized carbons (Fsp3) is 0.0769. The van der Waals surface area contributed by atoms with Gasteiger partial charge >= 0.3 is 11.9 Å². The van der Waals surface area contributed by atoms with Gasteiger partial charge in [0.05, 0.1) is 11.1 Å². The molecule has 6 nitrogen and oxygen atoms in total. The quantitative estimate of drug-likeness (QED) is 0.287. The van der Waals surface area contributed by atoms with Gasteiger partial charge in [0.15, 0.2) is 11.5 Å². The van der Waals surface area contributed by atoms with Gasteiger partial charge in [0.25, 0.3) is 0 Å². The Bertz CT molecular complexity index is 1350. The zero-order valence-corrected chi connectivity index (χ0v) is 18.0. The summed E-state index contributed by atoms with van der Waals surface area (Å²) < 4.78 is 23.2. The van der Waals surface area contributed by atoms with Crippen LogP contribution in [0.1, 0.15) is 20.7 Å². The van der Waals surface area contributed by atoms with Gasteiger partial charge in [-0.2, -0.15) is 0 Å². The molecule has 0 saturated heterocycles. The van der Waals surface area contributed by atoms with Gasteiger partial charge in [-0.3, -0.25) is 0 Å². The molecule has 5 rings (SSSR count). The lowest BCUT2D eigenvalue weighted by atomic mass is 10.1. The summed E-state index contributed by atoms with van der Waals surface area (Å²) in [4.78, 5) is 25.7. The molecular formula is C26H17ClO6. The molecule has 0 bridgehead atoms. The molecule has 0 saturated carbocycles. The summed E-state index contributed by atoms with van der Waals surface area (Å²) in [5.74, 6) is -0.438. The van der Waals surface area contributed by atoms with Crippen LogP contribution in [0.15, 0.2) is 78.9 Å². The van der Waals surface area contributed by atoms with E-state index in [9.17, 15) is 9.59 Å². The summed E-state index contributed by atoms with van der Waals surface area (Å²) in [7, 11) is 0. The van der Waals surface area contributed by atoms with Crippen LogP contribution in [0.4, 0.5) is 0 Å². The zero-order chi connectivity index (χ0) is 22.8. The molecule has 0 unspecified atom stereocenters. The molecule has 4 aromatic carbocycles. The van der Waals surface area contributed by atoms with Crippen molar-refractivity contribution in [3.63, 3.8) is 0 Å². The Labute approximate surface area is 194 Å². The van der Waals surface area contributed by atoms with Crippen molar-refractivity contribution >= 4 is 34.3 Å². The number of carbonyl (C=O) groups excluding carboxylic acids is 2. The van der Waals surface area contributed by atoms with E-state index in [1.165, 1.54) is 0 Å². The van der Waals surface area contributed by atoms with Crippen molar-refractivity contribution in [3.8, 4) is 23.0 Å². The van der Waals surface area contributed by atoms with Gasteiger partial charge in [-0.25, -0.2) is 9.59 Å². The molecule has 0 fully saturated rings. The number of carbonyl (C=O) groups is 2. The number of ether oxygens (including phenoxy) is 4. The van der Waals surface area contributed by atoms with Gasteiger partial charge < -0.3 is 18.9 Å². The second-order valence-electron chi connectivity index (χ2n) is 7.21. The highest BCUT2D eigenvalue weighted by molar-refractivity contribution is 6.31. The molecule has 0 aliphatic carbocycles. The standard InChI is InChI=1S/C26H17ClO6/c27-18-11-12-19-20(15-18)22(33-26(29)17-9-5-2-6-10-17)24-23(30-13-14-31-24)21(19)32-25(28)16-7-3-1-4-8-16/h1-12,15H,13-14H2. The average molecular weight is 461 g/mol. The van der Waals surface area contributed by atoms with Crippen molar-refractivity contribution in [2.75, 3.05) is 13.2 Å². The number of rotatable bonds is 4. The third-order valence-electron chi connectivity index (χ3n) is 5.07. The lowest BCUT2D eigenvalue weighted by molar-refractivity contribution is 0.0699. The van der Waals surface area contributed by atoms with Crippen LogP contribution in [0.25, 0.3) is 10.8 Å². The first kappa shape index (κ1) is 20.8. The van der Waals surface area contributed by atoms with E-state index >= 15 is 0 Å². The molecule has 1 aliphatic heterocycles. The molecule has 0 N–H and O–H groups in total. The van der Waals surface area contributed by atoms with E-state index in [2.05, 4.69) is 0 Å². The topological polar surface area (TPSA) is 71.1 Å². The van der Waals surface area contributed by atoms with Crippen LogP contribution in [0.3, 0.4) is 0 Å². The number of benzene rings is 4. The molecule has 0 amide bonds. The van der Waals surface area contributed by atoms with E-state index in [1.807, 2.05) is 6.07 Å². The first-order valence-electron chi connectivity index (χ1n) is 10.2. The van der Waals surface area contributed by atoms with Crippen molar-refractivity contribution in [2.45, 2.75) is 0 Å². The second kappa shape index (κ2) is 8.84. The van der Waals surface area contributed by atoms with E-state index in [1.54, 1.807) is 72.8 Å². The Kier molecular flexibility index (Phi) is 5.59. The molecule has 0 atom stereocenters. The highest BCUT2D eigenvalue weighted by Crippen LogP contribution is 2.53. The van der Waals surface area contributed by atoms with E-state index in [0.29, 0.717) is 26.9 Å². The SMILES string of the molecule is O=C(Oc1c2c(c(OC(=O)c3ccccc3)c3cc(Cl)ccc13)OCCO2)c1ccccc1. The maximum absolute atomic E-state index is 12.8. The highest BCUT2D eigenvalue weighted by atomic mass is 35.5. The Morgan fingerprint density at radius 1 is 0.667 bits per heavy atom. The lowest BCUT2D eigenvalue weighted by Gasteiger charge is -2.25. The summed E-state index contributed by atoms with van der Waals surface area (Å²) in [6.45, 7) is 0.481. The molecule has 0 spiro atoms. The summed E-state index contributed by atoms with van der Waals surface area (Å²) in [5, 5.41) is 1.35. The highest BCUT2D eigenvalue weighted by Gasteiger charge is 2.30. The van der Waals surface area contributed by atoms with Gasteiger partial charge in [0.1, 0.15) is 13.2 Å². The van der Waals surface area contributed by atoms with Crippen LogP contribution < -0.4 is 18.9 Å². The van der Waals surface area contributed by atoms with Gasteiger partial charge in [-0.1, -0.05) is 48.0 Å². The molecule has 0 aromatic heterocycles.